The van der Waals surface area contributed by atoms with Gasteiger partial charge in [0, 0.05) is 11.8 Å². The second-order valence-corrected chi connectivity index (χ2v) is 5.38. The molecule has 2 rings (SSSR count). The van der Waals surface area contributed by atoms with Crippen molar-refractivity contribution < 1.29 is 4.74 Å². The van der Waals surface area contributed by atoms with Crippen LogP contribution in [0.1, 0.15) is 18.5 Å². The molecule has 1 N–H and O–H groups in total. The fourth-order valence-corrected chi connectivity index (χ4v) is 2.43. The number of hydrogen-bond acceptors (Lipinski definition) is 3. The van der Waals surface area contributed by atoms with E-state index >= 15 is 0 Å². The van der Waals surface area contributed by atoms with Crippen LogP contribution in [0.5, 0.6) is 5.75 Å². The molecule has 0 unspecified atom stereocenters. The molecular weight excluding hydrogens is 280 g/mol. The summed E-state index contributed by atoms with van der Waals surface area (Å²) in [7, 11) is 1.67. The summed E-state index contributed by atoms with van der Waals surface area (Å²) in [4.78, 5) is 4.74. The maximum Gasteiger partial charge on any atom is 0.161 e. The van der Waals surface area contributed by atoms with Crippen LogP contribution in [0.2, 0.25) is 0 Å². The number of methoxy groups -OCH3 is 1. The molecule has 21 heavy (non-hydrogen) atoms. The molecule has 0 bridgehead atoms. The van der Waals surface area contributed by atoms with Gasteiger partial charge in [-0.15, -0.1) is 0 Å². The minimum absolute atomic E-state index is 0.117. The van der Waals surface area contributed by atoms with Crippen LogP contribution < -0.4 is 10.1 Å². The summed E-state index contributed by atoms with van der Waals surface area (Å²) in [6.45, 7) is 2.10. The lowest BCUT2D eigenvalue weighted by atomic mass is 10.1. The molecule has 0 spiro atoms. The van der Waals surface area contributed by atoms with E-state index in [0.717, 1.165) is 16.6 Å². The van der Waals surface area contributed by atoms with Crippen molar-refractivity contribution in [1.82, 2.24) is 0 Å². The van der Waals surface area contributed by atoms with E-state index in [-0.39, 0.29) is 6.04 Å². The third-order valence-corrected chi connectivity index (χ3v) is 3.70. The number of benzene rings is 2. The van der Waals surface area contributed by atoms with Crippen molar-refractivity contribution in [2.24, 2.45) is 4.99 Å². The number of amidine groups is 1. The van der Waals surface area contributed by atoms with E-state index in [4.69, 9.17) is 9.73 Å². The highest BCUT2D eigenvalue weighted by molar-refractivity contribution is 8.13. The van der Waals surface area contributed by atoms with Gasteiger partial charge >= 0.3 is 0 Å². The topological polar surface area (TPSA) is 33.6 Å². The van der Waals surface area contributed by atoms with Gasteiger partial charge in [0.05, 0.1) is 13.2 Å². The average molecular weight is 300 g/mol. The standard InChI is InChI=1S/C17H20N2OS/c1-13(14-8-5-4-6-9-14)18-17(21-3)19-15-10-7-11-16(12-15)20-2/h4-13H,1-3H3,(H,18,19)/t13-/m0/s1. The third-order valence-electron chi connectivity index (χ3n) is 3.11. The molecule has 3 nitrogen and oxygen atoms in total. The van der Waals surface area contributed by atoms with Crippen LogP contribution in [0.3, 0.4) is 0 Å². The Balaban J connectivity index is 2.13. The molecule has 4 heteroatoms. The molecule has 0 aromatic heterocycles. The zero-order valence-corrected chi connectivity index (χ0v) is 13.4. The van der Waals surface area contributed by atoms with Gasteiger partial charge in [0.15, 0.2) is 5.17 Å². The van der Waals surface area contributed by atoms with Crippen LogP contribution >= 0.6 is 11.8 Å². The monoisotopic (exact) mass is 300 g/mol. The molecule has 0 aliphatic rings. The van der Waals surface area contributed by atoms with Gasteiger partial charge < -0.3 is 10.1 Å². The Morgan fingerprint density at radius 3 is 2.57 bits per heavy atom. The molecule has 1 atom stereocenters. The maximum atomic E-state index is 5.23. The molecule has 0 fully saturated rings. The molecule has 0 heterocycles. The Bertz CT molecular complexity index is 599. The minimum atomic E-state index is 0.117. The number of thioether (sulfide) groups is 1. The van der Waals surface area contributed by atoms with Crippen LogP contribution in [0.15, 0.2) is 59.6 Å². The van der Waals surface area contributed by atoms with Crippen LogP contribution in [-0.4, -0.2) is 18.5 Å². The number of nitrogens with one attached hydrogen (secondary N) is 1. The zero-order chi connectivity index (χ0) is 15.1. The van der Waals surface area contributed by atoms with Gasteiger partial charge in [-0.1, -0.05) is 48.2 Å². The van der Waals surface area contributed by atoms with E-state index in [0.29, 0.717) is 0 Å². The minimum Gasteiger partial charge on any atom is -0.497 e. The fraction of sp³-hybridized carbons (Fsp3) is 0.235. The van der Waals surface area contributed by atoms with E-state index in [2.05, 4.69) is 24.4 Å². The van der Waals surface area contributed by atoms with Crippen LogP contribution in [0.25, 0.3) is 0 Å². The van der Waals surface area contributed by atoms with Crippen LogP contribution in [0, 0.1) is 0 Å². The molecule has 110 valence electrons. The Hall–Kier alpha value is -1.94. The Morgan fingerprint density at radius 2 is 1.90 bits per heavy atom. The highest BCUT2D eigenvalue weighted by Gasteiger charge is 2.06. The second kappa shape index (κ2) is 7.74. The first kappa shape index (κ1) is 15.4. The van der Waals surface area contributed by atoms with Crippen molar-refractivity contribution in [2.45, 2.75) is 13.0 Å². The first-order valence-electron chi connectivity index (χ1n) is 6.80. The molecule has 0 saturated heterocycles. The normalized spacial score (nSPS) is 12.8. The van der Waals surface area contributed by atoms with E-state index in [1.165, 1.54) is 5.56 Å². The van der Waals surface area contributed by atoms with Gasteiger partial charge in [-0.3, -0.25) is 4.99 Å². The number of hydrogen-bond donors (Lipinski definition) is 1. The smallest absolute Gasteiger partial charge is 0.161 e. The van der Waals surface area contributed by atoms with Crippen molar-refractivity contribution in [3.8, 4) is 5.75 Å². The van der Waals surface area contributed by atoms with Crippen molar-refractivity contribution in [2.75, 3.05) is 18.7 Å². The number of ether oxygens (including phenoxy) is 1. The van der Waals surface area contributed by atoms with E-state index in [9.17, 15) is 0 Å². The SMILES string of the molecule is COc1cccc(NC(=N[C@@H](C)c2ccccc2)SC)c1. The molecule has 0 aliphatic carbocycles. The summed E-state index contributed by atoms with van der Waals surface area (Å²) in [5.41, 5.74) is 2.18. The third kappa shape index (κ3) is 4.53. The average Bonchev–Trinajstić information content (AvgIpc) is 2.55. The van der Waals surface area contributed by atoms with Crippen LogP contribution in [-0.2, 0) is 0 Å². The van der Waals surface area contributed by atoms with E-state index in [1.54, 1.807) is 18.9 Å². The van der Waals surface area contributed by atoms with Gasteiger partial charge in [0.2, 0.25) is 0 Å². The van der Waals surface area contributed by atoms with Crippen molar-refractivity contribution >= 4 is 22.6 Å². The molecule has 0 radical (unpaired) electrons. The predicted molar refractivity (Wildman–Crippen MR) is 92.4 cm³/mol. The molecule has 2 aromatic rings. The summed E-state index contributed by atoms with van der Waals surface area (Å²) in [6, 6.07) is 18.2. The van der Waals surface area contributed by atoms with Gasteiger partial charge in [-0.2, -0.15) is 0 Å². The lowest BCUT2D eigenvalue weighted by Crippen LogP contribution is -2.09. The largest absolute Gasteiger partial charge is 0.497 e. The summed E-state index contributed by atoms with van der Waals surface area (Å²) >= 11 is 1.60. The maximum absolute atomic E-state index is 5.23. The second-order valence-electron chi connectivity index (χ2n) is 4.58. The zero-order valence-electron chi connectivity index (χ0n) is 12.5. The number of nitrogens with zero attached hydrogens (tertiary/aromatic N) is 1. The lowest BCUT2D eigenvalue weighted by Gasteiger charge is -2.12. The van der Waals surface area contributed by atoms with Crippen molar-refractivity contribution in [3.05, 3.63) is 60.2 Å². The molecule has 2 aromatic carbocycles. The summed E-state index contributed by atoms with van der Waals surface area (Å²) in [6.07, 6.45) is 2.02. The number of anilines is 1. The summed E-state index contributed by atoms with van der Waals surface area (Å²) < 4.78 is 5.23. The highest BCUT2D eigenvalue weighted by atomic mass is 32.2. The predicted octanol–water partition coefficient (Wildman–Crippen LogP) is 4.59. The Morgan fingerprint density at radius 1 is 1.14 bits per heavy atom. The Labute approximate surface area is 130 Å². The van der Waals surface area contributed by atoms with Gasteiger partial charge in [-0.05, 0) is 30.9 Å². The van der Waals surface area contributed by atoms with Gasteiger partial charge in [0.1, 0.15) is 5.75 Å². The molecule has 0 aliphatic heterocycles. The van der Waals surface area contributed by atoms with Crippen molar-refractivity contribution in [3.63, 3.8) is 0 Å². The number of rotatable bonds is 4. The fourth-order valence-electron chi connectivity index (χ4n) is 1.94. The van der Waals surface area contributed by atoms with E-state index < -0.39 is 0 Å². The Kier molecular flexibility index (Phi) is 5.69. The van der Waals surface area contributed by atoms with Gasteiger partial charge in [0.25, 0.3) is 0 Å². The molecule has 0 saturated carbocycles. The lowest BCUT2D eigenvalue weighted by molar-refractivity contribution is 0.415. The number of aliphatic imine (C=N–C) groups is 1. The first-order chi connectivity index (χ1) is 10.2. The summed E-state index contributed by atoms with van der Waals surface area (Å²) in [5, 5.41) is 4.23. The molecule has 0 amide bonds. The van der Waals surface area contributed by atoms with Crippen molar-refractivity contribution in [1.29, 1.82) is 0 Å². The summed E-state index contributed by atoms with van der Waals surface area (Å²) in [5.74, 6) is 0.830. The quantitative estimate of drug-likeness (QED) is 0.662. The van der Waals surface area contributed by atoms with E-state index in [1.807, 2.05) is 48.7 Å². The van der Waals surface area contributed by atoms with Crippen LogP contribution in [0.4, 0.5) is 5.69 Å². The highest BCUT2D eigenvalue weighted by Crippen LogP contribution is 2.21. The van der Waals surface area contributed by atoms with Gasteiger partial charge in [-0.25, -0.2) is 0 Å². The first-order valence-corrected chi connectivity index (χ1v) is 8.03. The molecular formula is C17H20N2OS.